The summed E-state index contributed by atoms with van der Waals surface area (Å²) in [6.45, 7) is 4.19. The Morgan fingerprint density at radius 2 is 1.91 bits per heavy atom. The number of allylic oxidation sites excluding steroid dienone is 2. The van der Waals surface area contributed by atoms with Crippen LogP contribution in [0.3, 0.4) is 0 Å². The molecule has 1 aromatic rings. The lowest BCUT2D eigenvalue weighted by Gasteiger charge is -2.32. The van der Waals surface area contributed by atoms with Crippen LogP contribution in [0.15, 0.2) is 54.3 Å². The molecule has 2 amide bonds. The lowest BCUT2D eigenvalue weighted by Crippen LogP contribution is -2.50. The van der Waals surface area contributed by atoms with Crippen molar-refractivity contribution < 1.29 is 29.0 Å². The molecule has 0 radical (unpaired) electrons. The molecule has 2 aliphatic heterocycles. The van der Waals surface area contributed by atoms with Crippen LogP contribution in [-0.4, -0.2) is 53.1 Å². The Morgan fingerprint density at radius 1 is 1.15 bits per heavy atom. The number of amides is 2. The molecule has 3 rings (SSSR count). The van der Waals surface area contributed by atoms with Gasteiger partial charge in [0.05, 0.1) is 12.0 Å². The number of hydrogen-bond donors (Lipinski definition) is 1. The van der Waals surface area contributed by atoms with E-state index in [9.17, 15) is 14.4 Å². The molecule has 2 aliphatic rings. The standard InChI is InChI=1S/C26H33NO6/c1-18(2)22-17-32-26(31)27(22)25(30)21(16-19-10-6-5-7-11-19)24-23(29)14-13-20(33-24)12-8-3-4-9-15-28/h5-7,10-14,18,21-22,24,28H,3-4,8-9,15-17H2,1-2H3. The van der Waals surface area contributed by atoms with E-state index in [2.05, 4.69) is 0 Å². The van der Waals surface area contributed by atoms with Gasteiger partial charge in [0.1, 0.15) is 12.4 Å². The topological polar surface area (TPSA) is 93.1 Å². The van der Waals surface area contributed by atoms with E-state index in [1.165, 1.54) is 11.0 Å². The van der Waals surface area contributed by atoms with Gasteiger partial charge in [-0.05, 0) is 55.4 Å². The van der Waals surface area contributed by atoms with Gasteiger partial charge in [0, 0.05) is 6.61 Å². The van der Waals surface area contributed by atoms with Crippen molar-refractivity contribution >= 4 is 17.8 Å². The molecular weight excluding hydrogens is 422 g/mol. The first-order valence-electron chi connectivity index (χ1n) is 11.7. The van der Waals surface area contributed by atoms with Crippen LogP contribution in [0.5, 0.6) is 0 Å². The number of ether oxygens (including phenoxy) is 2. The Morgan fingerprint density at radius 3 is 2.61 bits per heavy atom. The van der Waals surface area contributed by atoms with Gasteiger partial charge in [-0.1, -0.05) is 50.6 Å². The fraction of sp³-hybridized carbons (Fsp3) is 0.500. The van der Waals surface area contributed by atoms with E-state index in [4.69, 9.17) is 14.6 Å². The number of cyclic esters (lactones) is 1. The largest absolute Gasteiger partial charge is 0.482 e. The summed E-state index contributed by atoms with van der Waals surface area (Å²) in [6, 6.07) is 9.04. The van der Waals surface area contributed by atoms with Gasteiger partial charge in [0.2, 0.25) is 5.91 Å². The summed E-state index contributed by atoms with van der Waals surface area (Å²) >= 11 is 0. The highest BCUT2D eigenvalue weighted by Gasteiger charge is 2.46. The smallest absolute Gasteiger partial charge is 0.416 e. The Bertz CT molecular complexity index is 891. The van der Waals surface area contributed by atoms with Gasteiger partial charge in [-0.25, -0.2) is 9.69 Å². The third kappa shape index (κ3) is 6.32. The first-order valence-corrected chi connectivity index (χ1v) is 11.7. The van der Waals surface area contributed by atoms with Crippen LogP contribution in [0.25, 0.3) is 0 Å². The summed E-state index contributed by atoms with van der Waals surface area (Å²) in [6.07, 6.45) is 6.82. The molecule has 7 nitrogen and oxygen atoms in total. The van der Waals surface area contributed by atoms with E-state index in [1.807, 2.05) is 50.3 Å². The Kier molecular flexibility index (Phi) is 8.83. The maximum Gasteiger partial charge on any atom is 0.416 e. The zero-order chi connectivity index (χ0) is 23.8. The van der Waals surface area contributed by atoms with Crippen molar-refractivity contribution in [3.8, 4) is 0 Å². The van der Waals surface area contributed by atoms with E-state index >= 15 is 0 Å². The second kappa shape index (κ2) is 11.8. The second-order valence-electron chi connectivity index (χ2n) is 8.85. The number of aliphatic hydroxyl groups is 1. The van der Waals surface area contributed by atoms with E-state index in [0.29, 0.717) is 5.76 Å². The first-order chi connectivity index (χ1) is 15.9. The van der Waals surface area contributed by atoms with Crippen molar-refractivity contribution in [1.29, 1.82) is 0 Å². The Balaban J connectivity index is 1.85. The Labute approximate surface area is 195 Å². The molecule has 3 atom stereocenters. The number of unbranched alkanes of at least 4 members (excludes halogenated alkanes) is 3. The number of imide groups is 1. The maximum absolute atomic E-state index is 13.7. The third-order valence-corrected chi connectivity index (χ3v) is 6.06. The lowest BCUT2D eigenvalue weighted by molar-refractivity contribution is -0.144. The number of aliphatic hydroxyl groups excluding tert-OH is 1. The number of carbonyl (C=O) groups excluding carboxylic acids is 3. The molecule has 3 unspecified atom stereocenters. The van der Waals surface area contributed by atoms with E-state index < -0.39 is 24.0 Å². The quantitative estimate of drug-likeness (QED) is 0.540. The van der Waals surface area contributed by atoms with Crippen LogP contribution in [0.2, 0.25) is 0 Å². The minimum atomic E-state index is -1.02. The molecular formula is C26H33NO6. The fourth-order valence-corrected chi connectivity index (χ4v) is 4.13. The number of benzene rings is 1. The molecule has 0 aromatic heterocycles. The molecule has 2 heterocycles. The molecule has 1 saturated heterocycles. The molecule has 1 aromatic carbocycles. The minimum absolute atomic E-state index is 0.0232. The zero-order valence-electron chi connectivity index (χ0n) is 19.3. The predicted octanol–water partition coefficient (Wildman–Crippen LogP) is 3.81. The summed E-state index contributed by atoms with van der Waals surface area (Å²) in [5.74, 6) is -1.05. The zero-order valence-corrected chi connectivity index (χ0v) is 19.3. The highest BCUT2D eigenvalue weighted by Crippen LogP contribution is 2.29. The van der Waals surface area contributed by atoms with E-state index in [0.717, 1.165) is 31.2 Å². The molecule has 0 saturated carbocycles. The maximum atomic E-state index is 13.7. The summed E-state index contributed by atoms with van der Waals surface area (Å²) in [4.78, 5) is 40.2. The first kappa shape index (κ1) is 24.7. The summed E-state index contributed by atoms with van der Waals surface area (Å²) in [7, 11) is 0. The van der Waals surface area contributed by atoms with Crippen LogP contribution < -0.4 is 0 Å². The van der Waals surface area contributed by atoms with Crippen molar-refractivity contribution in [3.05, 3.63) is 59.9 Å². The highest BCUT2D eigenvalue weighted by molar-refractivity contribution is 6.02. The summed E-state index contributed by atoms with van der Waals surface area (Å²) in [5, 5.41) is 8.92. The molecule has 178 valence electrons. The van der Waals surface area contributed by atoms with Gasteiger partial charge in [-0.2, -0.15) is 0 Å². The predicted molar refractivity (Wildman–Crippen MR) is 123 cm³/mol. The van der Waals surface area contributed by atoms with E-state index in [1.54, 1.807) is 6.08 Å². The molecule has 33 heavy (non-hydrogen) atoms. The van der Waals surface area contributed by atoms with Crippen molar-refractivity contribution in [3.63, 3.8) is 0 Å². The van der Waals surface area contributed by atoms with Gasteiger partial charge in [0.25, 0.3) is 0 Å². The summed E-state index contributed by atoms with van der Waals surface area (Å²) < 4.78 is 11.2. The number of hydrogen-bond acceptors (Lipinski definition) is 6. The average Bonchev–Trinajstić information content (AvgIpc) is 3.20. The minimum Gasteiger partial charge on any atom is -0.482 e. The van der Waals surface area contributed by atoms with Gasteiger partial charge < -0.3 is 14.6 Å². The van der Waals surface area contributed by atoms with Gasteiger partial charge >= 0.3 is 6.09 Å². The Hall–Kier alpha value is -2.93. The van der Waals surface area contributed by atoms with Crippen LogP contribution >= 0.6 is 0 Å². The third-order valence-electron chi connectivity index (χ3n) is 6.06. The SMILES string of the molecule is CC(C)C1COC(=O)N1C(=O)C(Cc1ccccc1)C1OC(=CCCCCCO)C=CC1=O. The molecule has 0 bridgehead atoms. The normalized spacial score (nSPS) is 22.5. The molecule has 0 spiro atoms. The molecule has 0 aliphatic carbocycles. The van der Waals surface area contributed by atoms with Crippen molar-refractivity contribution in [2.75, 3.05) is 13.2 Å². The lowest BCUT2D eigenvalue weighted by atomic mass is 9.88. The van der Waals surface area contributed by atoms with Gasteiger partial charge in [-0.3, -0.25) is 9.59 Å². The number of rotatable bonds is 10. The average molecular weight is 456 g/mol. The highest BCUT2D eigenvalue weighted by atomic mass is 16.6. The van der Waals surface area contributed by atoms with Crippen LogP contribution in [0.4, 0.5) is 4.79 Å². The number of carbonyl (C=O) groups is 3. The molecule has 1 N–H and O–H groups in total. The summed E-state index contributed by atoms with van der Waals surface area (Å²) in [5.41, 5.74) is 0.880. The fourth-order valence-electron chi connectivity index (χ4n) is 4.13. The second-order valence-corrected chi connectivity index (χ2v) is 8.85. The van der Waals surface area contributed by atoms with Crippen LogP contribution in [0.1, 0.15) is 45.1 Å². The number of ketones is 1. The van der Waals surface area contributed by atoms with Crippen molar-refractivity contribution in [2.24, 2.45) is 11.8 Å². The molecule has 7 heteroatoms. The van der Waals surface area contributed by atoms with Gasteiger partial charge in [0.15, 0.2) is 11.9 Å². The van der Waals surface area contributed by atoms with Crippen molar-refractivity contribution in [2.45, 2.75) is 58.1 Å². The van der Waals surface area contributed by atoms with E-state index in [-0.39, 0.29) is 37.4 Å². The van der Waals surface area contributed by atoms with Crippen molar-refractivity contribution in [1.82, 2.24) is 4.90 Å². The van der Waals surface area contributed by atoms with Crippen LogP contribution in [-0.2, 0) is 25.5 Å². The van der Waals surface area contributed by atoms with Crippen LogP contribution in [0, 0.1) is 11.8 Å². The number of nitrogens with zero attached hydrogens (tertiary/aromatic N) is 1. The monoisotopic (exact) mass is 455 g/mol. The van der Waals surface area contributed by atoms with Gasteiger partial charge in [-0.15, -0.1) is 0 Å². The molecule has 1 fully saturated rings.